The lowest BCUT2D eigenvalue weighted by Crippen LogP contribution is -2.37. The summed E-state index contributed by atoms with van der Waals surface area (Å²) in [5.74, 6) is 1.00. The molecule has 1 aliphatic rings. The maximum atomic E-state index is 11.6. The molecule has 0 aromatic carbocycles. The van der Waals surface area contributed by atoms with Crippen molar-refractivity contribution in [1.82, 2.24) is 10.2 Å². The molecule has 5 heteroatoms. The summed E-state index contributed by atoms with van der Waals surface area (Å²) >= 11 is 0. The van der Waals surface area contributed by atoms with Gasteiger partial charge in [-0.2, -0.15) is 0 Å². The Morgan fingerprint density at radius 1 is 1.50 bits per heavy atom. The van der Waals surface area contributed by atoms with E-state index in [2.05, 4.69) is 5.32 Å². The monoisotopic (exact) mass is 250 g/mol. The second kappa shape index (κ2) is 8.79. The first-order valence-corrected chi connectivity index (χ1v) is 5.67. The van der Waals surface area contributed by atoms with Gasteiger partial charge in [0.2, 0.25) is 5.91 Å². The number of hydrogen-bond donors (Lipinski definition) is 1. The number of methoxy groups -OCH3 is 1. The average molecular weight is 251 g/mol. The zero-order chi connectivity index (χ0) is 11.1. The number of ether oxygens (including phenoxy) is 1. The van der Waals surface area contributed by atoms with E-state index in [1.165, 1.54) is 12.8 Å². The number of rotatable bonds is 8. The molecule has 0 aromatic rings. The minimum Gasteiger partial charge on any atom is -0.385 e. The van der Waals surface area contributed by atoms with E-state index in [1.807, 2.05) is 7.05 Å². The van der Waals surface area contributed by atoms with Gasteiger partial charge in [-0.3, -0.25) is 4.79 Å². The highest BCUT2D eigenvalue weighted by Gasteiger charge is 2.20. The van der Waals surface area contributed by atoms with E-state index in [9.17, 15) is 4.79 Å². The standard InChI is InChI=1S/C11H22N2O2.ClH/c1-13(6-3-7-15-2)11(14)9-12-8-10-4-5-10;/h10,12H,3-9H2,1-2H3;1H. The molecule has 0 bridgehead atoms. The number of nitrogens with zero attached hydrogens (tertiary/aromatic N) is 1. The minimum atomic E-state index is 0. The normalized spacial score (nSPS) is 14.4. The first-order chi connectivity index (χ1) is 7.24. The Labute approximate surface area is 104 Å². The Morgan fingerprint density at radius 2 is 2.19 bits per heavy atom. The molecule has 0 aromatic heterocycles. The van der Waals surface area contributed by atoms with Crippen LogP contribution in [0.2, 0.25) is 0 Å². The Hall–Kier alpha value is -0.320. The fourth-order valence-electron chi connectivity index (χ4n) is 1.41. The first-order valence-electron chi connectivity index (χ1n) is 5.67. The summed E-state index contributed by atoms with van der Waals surface area (Å²) in [4.78, 5) is 13.3. The van der Waals surface area contributed by atoms with E-state index >= 15 is 0 Å². The minimum absolute atomic E-state index is 0. The molecular formula is C11H23ClN2O2. The molecule has 1 saturated carbocycles. The van der Waals surface area contributed by atoms with Gasteiger partial charge >= 0.3 is 0 Å². The molecule has 0 heterocycles. The fourth-order valence-corrected chi connectivity index (χ4v) is 1.41. The molecule has 0 atom stereocenters. The van der Waals surface area contributed by atoms with Gasteiger partial charge in [0.05, 0.1) is 6.54 Å². The SMILES string of the molecule is COCCCN(C)C(=O)CNCC1CC1.Cl. The number of carbonyl (C=O) groups excluding carboxylic acids is 1. The highest BCUT2D eigenvalue weighted by atomic mass is 35.5. The van der Waals surface area contributed by atoms with Crippen LogP contribution < -0.4 is 5.32 Å². The Balaban J connectivity index is 0.00000225. The van der Waals surface area contributed by atoms with Crippen molar-refractivity contribution in [3.63, 3.8) is 0 Å². The molecule has 1 aliphatic carbocycles. The van der Waals surface area contributed by atoms with E-state index in [0.717, 1.165) is 25.4 Å². The van der Waals surface area contributed by atoms with Gasteiger partial charge in [0, 0.05) is 27.3 Å². The lowest BCUT2D eigenvalue weighted by atomic mass is 10.4. The van der Waals surface area contributed by atoms with Gasteiger partial charge in [0.1, 0.15) is 0 Å². The Bertz CT molecular complexity index is 198. The van der Waals surface area contributed by atoms with Gasteiger partial charge in [0.15, 0.2) is 0 Å². The largest absolute Gasteiger partial charge is 0.385 e. The third-order valence-electron chi connectivity index (χ3n) is 2.67. The average Bonchev–Trinajstić information content (AvgIpc) is 3.02. The van der Waals surface area contributed by atoms with Gasteiger partial charge in [-0.25, -0.2) is 0 Å². The van der Waals surface area contributed by atoms with E-state index < -0.39 is 0 Å². The number of hydrogen-bond acceptors (Lipinski definition) is 3. The molecule has 0 unspecified atom stereocenters. The Kier molecular flexibility index (Phi) is 8.61. The molecule has 0 saturated heterocycles. The van der Waals surface area contributed by atoms with Crippen LogP contribution in [-0.4, -0.2) is 51.2 Å². The van der Waals surface area contributed by atoms with Crippen LogP contribution in [0.15, 0.2) is 0 Å². The second-order valence-electron chi connectivity index (χ2n) is 4.24. The van der Waals surface area contributed by atoms with Crippen molar-refractivity contribution in [2.45, 2.75) is 19.3 Å². The first kappa shape index (κ1) is 15.7. The van der Waals surface area contributed by atoms with E-state index in [1.54, 1.807) is 12.0 Å². The maximum Gasteiger partial charge on any atom is 0.236 e. The van der Waals surface area contributed by atoms with Crippen molar-refractivity contribution in [3.05, 3.63) is 0 Å². The molecule has 96 valence electrons. The van der Waals surface area contributed by atoms with Crippen molar-refractivity contribution in [1.29, 1.82) is 0 Å². The van der Waals surface area contributed by atoms with Crippen LogP contribution in [-0.2, 0) is 9.53 Å². The van der Waals surface area contributed by atoms with Gasteiger partial charge in [-0.05, 0) is 31.7 Å². The molecule has 16 heavy (non-hydrogen) atoms. The highest BCUT2D eigenvalue weighted by Crippen LogP contribution is 2.27. The molecular weight excluding hydrogens is 228 g/mol. The number of nitrogens with one attached hydrogen (secondary N) is 1. The number of amides is 1. The second-order valence-corrected chi connectivity index (χ2v) is 4.24. The van der Waals surface area contributed by atoms with Crippen LogP contribution in [0, 0.1) is 5.92 Å². The quantitative estimate of drug-likeness (QED) is 0.651. The van der Waals surface area contributed by atoms with Gasteiger partial charge in [-0.15, -0.1) is 12.4 Å². The van der Waals surface area contributed by atoms with Crippen LogP contribution >= 0.6 is 12.4 Å². The van der Waals surface area contributed by atoms with Gasteiger partial charge in [0.25, 0.3) is 0 Å². The fraction of sp³-hybridized carbons (Fsp3) is 0.909. The third kappa shape index (κ3) is 7.04. The summed E-state index contributed by atoms with van der Waals surface area (Å²) in [6, 6.07) is 0. The number of likely N-dealkylation sites (N-methyl/N-ethyl adjacent to an activating group) is 1. The summed E-state index contributed by atoms with van der Waals surface area (Å²) in [7, 11) is 3.52. The predicted octanol–water partition coefficient (Wildman–Crippen LogP) is 0.903. The van der Waals surface area contributed by atoms with Crippen LogP contribution in [0.3, 0.4) is 0 Å². The predicted molar refractivity (Wildman–Crippen MR) is 67.0 cm³/mol. The molecule has 1 rings (SSSR count). The molecule has 4 nitrogen and oxygen atoms in total. The van der Waals surface area contributed by atoms with Crippen molar-refractivity contribution < 1.29 is 9.53 Å². The highest BCUT2D eigenvalue weighted by molar-refractivity contribution is 5.85. The zero-order valence-corrected chi connectivity index (χ0v) is 11.0. The van der Waals surface area contributed by atoms with Crippen LogP contribution in [0.1, 0.15) is 19.3 Å². The number of halogens is 1. The van der Waals surface area contributed by atoms with Crippen molar-refractivity contribution >= 4 is 18.3 Å². The van der Waals surface area contributed by atoms with E-state index in [4.69, 9.17) is 4.74 Å². The van der Waals surface area contributed by atoms with E-state index in [0.29, 0.717) is 13.2 Å². The molecule has 1 N–H and O–H groups in total. The third-order valence-corrected chi connectivity index (χ3v) is 2.67. The summed E-state index contributed by atoms with van der Waals surface area (Å²) in [5.41, 5.74) is 0. The smallest absolute Gasteiger partial charge is 0.236 e. The van der Waals surface area contributed by atoms with Crippen LogP contribution in [0.4, 0.5) is 0 Å². The lowest BCUT2D eigenvalue weighted by molar-refractivity contribution is -0.129. The molecule has 0 aliphatic heterocycles. The van der Waals surface area contributed by atoms with Crippen molar-refractivity contribution in [2.75, 3.05) is 40.4 Å². The summed E-state index contributed by atoms with van der Waals surface area (Å²) in [6.45, 7) is 2.96. The van der Waals surface area contributed by atoms with Gasteiger partial charge in [-0.1, -0.05) is 0 Å². The Morgan fingerprint density at radius 3 is 2.75 bits per heavy atom. The molecule has 1 amide bonds. The summed E-state index contributed by atoms with van der Waals surface area (Å²) < 4.78 is 4.94. The van der Waals surface area contributed by atoms with Crippen LogP contribution in [0.25, 0.3) is 0 Å². The van der Waals surface area contributed by atoms with Crippen molar-refractivity contribution in [2.24, 2.45) is 5.92 Å². The molecule has 0 spiro atoms. The number of carbonyl (C=O) groups is 1. The maximum absolute atomic E-state index is 11.6. The van der Waals surface area contributed by atoms with Gasteiger partial charge < -0.3 is 15.0 Å². The summed E-state index contributed by atoms with van der Waals surface area (Å²) in [6.07, 6.45) is 3.55. The topological polar surface area (TPSA) is 41.6 Å². The van der Waals surface area contributed by atoms with Crippen molar-refractivity contribution in [3.8, 4) is 0 Å². The van der Waals surface area contributed by atoms with E-state index in [-0.39, 0.29) is 18.3 Å². The van der Waals surface area contributed by atoms with Crippen LogP contribution in [0.5, 0.6) is 0 Å². The lowest BCUT2D eigenvalue weighted by Gasteiger charge is -2.17. The molecule has 0 radical (unpaired) electrons. The zero-order valence-electron chi connectivity index (χ0n) is 10.2. The summed E-state index contributed by atoms with van der Waals surface area (Å²) in [5, 5.41) is 3.20. The molecule has 1 fully saturated rings.